The minimum Gasteiger partial charge on any atom is -1.00 e. The van der Waals surface area contributed by atoms with Crippen molar-refractivity contribution in [2.24, 2.45) is 0 Å². The first-order valence-corrected chi connectivity index (χ1v) is 13.1. The lowest BCUT2D eigenvalue weighted by atomic mass is 10.0. The largest absolute Gasteiger partial charge is 1.00 e. The van der Waals surface area contributed by atoms with Gasteiger partial charge in [0.2, 0.25) is 0 Å². The molecule has 0 amide bonds. The number of benzene rings is 1. The Labute approximate surface area is 242 Å². The van der Waals surface area contributed by atoms with Gasteiger partial charge in [-0.15, -0.1) is 0 Å². The maximum Gasteiger partial charge on any atom is 0.357 e. The van der Waals surface area contributed by atoms with Crippen molar-refractivity contribution >= 4 is 11.0 Å². The highest BCUT2D eigenvalue weighted by molar-refractivity contribution is 5.81. The van der Waals surface area contributed by atoms with Gasteiger partial charge < -0.3 is 47.5 Å². The van der Waals surface area contributed by atoms with Crippen molar-refractivity contribution in [1.82, 2.24) is 19.1 Å². The van der Waals surface area contributed by atoms with Gasteiger partial charge in [-0.05, 0) is 51.8 Å². The molecule has 1 unspecified atom stereocenters. The summed E-state index contributed by atoms with van der Waals surface area (Å²) in [5.41, 5.74) is 3.56. The van der Waals surface area contributed by atoms with E-state index in [0.717, 1.165) is 54.5 Å². The Kier molecular flexibility index (Phi) is 11.7. The molecule has 0 saturated carbocycles. The summed E-state index contributed by atoms with van der Waals surface area (Å²) < 4.78 is 4.74. The molecule has 1 atom stereocenters. The number of quaternary nitrogens is 2. The molecule has 37 heavy (non-hydrogen) atoms. The lowest BCUT2D eigenvalue weighted by molar-refractivity contribution is -0.936. The molecule has 0 saturated heterocycles. The molecule has 1 aromatic carbocycles. The molecule has 0 N–H and O–H groups in total. The van der Waals surface area contributed by atoms with Crippen LogP contribution < -0.4 is 45.2 Å². The zero-order valence-electron chi connectivity index (χ0n) is 23.9. The SMILES string of the molecule is CCCCn1c2nc(=O)n(C(C)[N+](C)(C)C)c(=O)c-2nc2cc(C)c(C[N+](CC)(CC)CC)cc21.[Br-].[Br-]. The summed E-state index contributed by atoms with van der Waals surface area (Å²) in [6.45, 7) is 17.7. The van der Waals surface area contributed by atoms with Gasteiger partial charge in [-0.3, -0.25) is 4.79 Å². The molecule has 2 heterocycles. The zero-order chi connectivity index (χ0) is 26.1. The average Bonchev–Trinajstić information content (AvgIpc) is 2.81. The topological polar surface area (TPSA) is 69.8 Å². The van der Waals surface area contributed by atoms with E-state index in [4.69, 9.17) is 4.98 Å². The van der Waals surface area contributed by atoms with Gasteiger partial charge in [-0.25, -0.2) is 14.3 Å². The summed E-state index contributed by atoms with van der Waals surface area (Å²) >= 11 is 0. The summed E-state index contributed by atoms with van der Waals surface area (Å²) in [5, 5.41) is 0. The standard InChI is InChI=1S/C27H44N6O2.2BrH/c1-10-14-15-30-23-17-21(18-33(11-2,12-3)13-4)19(5)16-22(23)28-24-25(30)29-27(35)31(26(24)34)20(6)32(7,8)9;;/h16-17,20H,10-15,18H2,1-9H3;2*1H/q+2;;/p-2. The molecule has 0 radical (unpaired) electrons. The normalized spacial score (nSPS) is 12.9. The molecule has 208 valence electrons. The van der Waals surface area contributed by atoms with Crippen LogP contribution in [0.1, 0.15) is 64.8 Å². The van der Waals surface area contributed by atoms with Crippen molar-refractivity contribution in [3.63, 3.8) is 0 Å². The molecule has 2 aliphatic heterocycles. The van der Waals surface area contributed by atoms with Gasteiger partial charge in [0.05, 0.1) is 51.8 Å². The van der Waals surface area contributed by atoms with Crippen LogP contribution in [-0.4, -0.2) is 68.8 Å². The smallest absolute Gasteiger partial charge is 0.357 e. The van der Waals surface area contributed by atoms with Crippen LogP contribution in [0.5, 0.6) is 0 Å². The maximum absolute atomic E-state index is 13.6. The third-order valence-electron chi connectivity index (χ3n) is 8.00. The minimum atomic E-state index is -0.514. The van der Waals surface area contributed by atoms with E-state index in [9.17, 15) is 9.59 Å². The van der Waals surface area contributed by atoms with Gasteiger partial charge in [-0.1, -0.05) is 13.3 Å². The van der Waals surface area contributed by atoms with E-state index in [0.29, 0.717) is 16.9 Å². The van der Waals surface area contributed by atoms with Gasteiger partial charge >= 0.3 is 5.69 Å². The van der Waals surface area contributed by atoms with Crippen LogP contribution in [0.15, 0.2) is 21.7 Å². The average molecular weight is 644 g/mol. The Hall–Kier alpha value is -1.62. The Bertz CT molecular complexity index is 1280. The molecule has 10 heteroatoms. The van der Waals surface area contributed by atoms with Gasteiger partial charge in [0.1, 0.15) is 6.54 Å². The van der Waals surface area contributed by atoms with Crippen molar-refractivity contribution in [2.45, 2.75) is 73.6 Å². The third-order valence-corrected chi connectivity index (χ3v) is 8.00. The second-order valence-corrected chi connectivity index (χ2v) is 10.8. The Morgan fingerprint density at radius 3 is 2.05 bits per heavy atom. The van der Waals surface area contributed by atoms with E-state index >= 15 is 0 Å². The first kappa shape index (κ1) is 33.4. The van der Waals surface area contributed by atoms with E-state index < -0.39 is 5.69 Å². The summed E-state index contributed by atoms with van der Waals surface area (Å²) in [5.74, 6) is 0.392. The molecule has 3 rings (SSSR count). The van der Waals surface area contributed by atoms with Crippen LogP contribution >= 0.6 is 0 Å². The number of unbranched alkanes of at least 4 members (excludes halogenated alkanes) is 1. The molecular formula is C27H44Br2N6O2. The molecule has 0 aliphatic carbocycles. The summed E-state index contributed by atoms with van der Waals surface area (Å²) in [6, 6.07) is 4.31. The maximum atomic E-state index is 13.6. The first-order valence-electron chi connectivity index (χ1n) is 13.1. The van der Waals surface area contributed by atoms with E-state index in [2.05, 4.69) is 51.7 Å². The Balaban J connectivity index is 0.00000342. The molecule has 0 fully saturated rings. The highest BCUT2D eigenvalue weighted by Gasteiger charge is 2.29. The zero-order valence-corrected chi connectivity index (χ0v) is 27.1. The molecule has 8 nitrogen and oxygen atoms in total. The lowest BCUT2D eigenvalue weighted by Gasteiger charge is -2.36. The number of aromatic nitrogens is 4. The van der Waals surface area contributed by atoms with Crippen LogP contribution in [0.25, 0.3) is 22.6 Å². The quantitative estimate of drug-likeness (QED) is 0.185. The molecule has 1 aromatic rings. The summed E-state index contributed by atoms with van der Waals surface area (Å²) in [4.78, 5) is 36.0. The number of fused-ring (bicyclic) bond motifs is 2. The lowest BCUT2D eigenvalue weighted by Crippen LogP contribution is -3.00. The molecule has 2 aliphatic rings. The number of rotatable bonds is 10. The fourth-order valence-electron chi connectivity index (χ4n) is 4.80. The van der Waals surface area contributed by atoms with E-state index in [1.54, 1.807) is 0 Å². The van der Waals surface area contributed by atoms with Gasteiger partial charge in [0.15, 0.2) is 17.7 Å². The molecule has 0 aromatic heterocycles. The second kappa shape index (κ2) is 13.0. The minimum absolute atomic E-state index is 0. The van der Waals surface area contributed by atoms with Crippen LogP contribution in [-0.2, 0) is 13.1 Å². The molecule has 0 bridgehead atoms. The van der Waals surface area contributed by atoms with Crippen LogP contribution in [0, 0.1) is 6.92 Å². The van der Waals surface area contributed by atoms with Crippen LogP contribution in [0.4, 0.5) is 0 Å². The number of nitrogens with zero attached hydrogens (tertiary/aromatic N) is 6. The summed E-state index contributed by atoms with van der Waals surface area (Å²) in [7, 11) is 5.88. The monoisotopic (exact) mass is 642 g/mol. The molecule has 0 spiro atoms. The van der Waals surface area contributed by atoms with Gasteiger partial charge in [-0.2, -0.15) is 4.98 Å². The van der Waals surface area contributed by atoms with Gasteiger partial charge in [0, 0.05) is 19.0 Å². The van der Waals surface area contributed by atoms with Crippen LogP contribution in [0.3, 0.4) is 0 Å². The second-order valence-electron chi connectivity index (χ2n) is 10.8. The number of halogens is 2. The Morgan fingerprint density at radius 2 is 1.54 bits per heavy atom. The van der Waals surface area contributed by atoms with Crippen molar-refractivity contribution in [3.05, 3.63) is 44.1 Å². The Morgan fingerprint density at radius 1 is 0.946 bits per heavy atom. The van der Waals surface area contributed by atoms with Crippen molar-refractivity contribution < 1.29 is 42.9 Å². The summed E-state index contributed by atoms with van der Waals surface area (Å²) in [6.07, 6.45) is 1.56. The first-order chi connectivity index (χ1) is 16.4. The predicted octanol–water partition coefficient (Wildman–Crippen LogP) is -2.22. The predicted molar refractivity (Wildman–Crippen MR) is 143 cm³/mol. The van der Waals surface area contributed by atoms with Crippen molar-refractivity contribution in [1.29, 1.82) is 0 Å². The van der Waals surface area contributed by atoms with Gasteiger partial charge in [0.25, 0.3) is 5.56 Å². The number of hydrogen-bond acceptors (Lipinski definition) is 4. The number of aryl methyl sites for hydroxylation is 2. The molecular weight excluding hydrogens is 600 g/mol. The van der Waals surface area contributed by atoms with Crippen molar-refractivity contribution in [2.75, 3.05) is 40.8 Å². The third kappa shape index (κ3) is 6.52. The highest BCUT2D eigenvalue weighted by Crippen LogP contribution is 2.27. The van der Waals surface area contributed by atoms with E-state index in [1.807, 2.05) is 32.6 Å². The highest BCUT2D eigenvalue weighted by atomic mass is 79.9. The fourth-order valence-corrected chi connectivity index (χ4v) is 4.80. The fraction of sp³-hybridized carbons (Fsp3) is 0.630. The number of hydrogen-bond donors (Lipinski definition) is 0. The van der Waals surface area contributed by atoms with E-state index in [1.165, 1.54) is 15.7 Å². The van der Waals surface area contributed by atoms with E-state index in [-0.39, 0.29) is 51.4 Å². The van der Waals surface area contributed by atoms with Crippen molar-refractivity contribution in [3.8, 4) is 11.5 Å². The van der Waals surface area contributed by atoms with Crippen LogP contribution in [0.2, 0.25) is 0 Å².